The van der Waals surface area contributed by atoms with E-state index in [9.17, 15) is 31.5 Å². The number of rotatable bonds is 16. The number of halogens is 5. The third-order valence-electron chi connectivity index (χ3n) is 10.1. The minimum atomic E-state index is -4.50. The first-order chi connectivity index (χ1) is 30.4. The van der Waals surface area contributed by atoms with Gasteiger partial charge in [-0.2, -0.15) is 18.3 Å². The van der Waals surface area contributed by atoms with Gasteiger partial charge in [0.25, 0.3) is 0 Å². The molecule has 65 heavy (non-hydrogen) atoms. The molecule has 1 amide bonds. The molecule has 0 N–H and O–H groups in total. The van der Waals surface area contributed by atoms with Crippen LogP contribution in [0.4, 0.5) is 22.0 Å². The Morgan fingerprint density at radius 2 is 1.52 bits per heavy atom. The number of allylic oxidation sites excluding steroid dienone is 9. The molecule has 2 unspecified atom stereocenters. The van der Waals surface area contributed by atoms with Crippen LogP contribution in [0.2, 0.25) is 0 Å². The molecule has 2 atom stereocenters. The Morgan fingerprint density at radius 3 is 1.92 bits per heavy atom. The predicted molar refractivity (Wildman–Crippen MR) is 268 cm³/mol. The SMILES string of the molecule is C#CC/C=C/F.C/C=C(\C)F.C=C(/C=C\C(=C)C(F)(F)F)c1ccc(CN(C(=O)C(C)N(/N=C(/CC)C(C)=O)/C(CCC)=C(\C)CC)C2CCCN(C(C)(C)C)CC2)cc1.CC.CCC. The zero-order valence-corrected chi connectivity index (χ0v) is 42.8. The quantitative estimate of drug-likeness (QED) is 0.0545. The van der Waals surface area contributed by atoms with Gasteiger partial charge in [0.05, 0.1) is 12.2 Å². The van der Waals surface area contributed by atoms with E-state index in [2.05, 4.69) is 79.4 Å². The van der Waals surface area contributed by atoms with Crippen molar-refractivity contribution in [2.45, 2.75) is 192 Å². The number of ketones is 1. The van der Waals surface area contributed by atoms with Crippen molar-refractivity contribution in [1.82, 2.24) is 14.8 Å². The Hall–Kier alpha value is -4.56. The van der Waals surface area contributed by atoms with E-state index in [-0.39, 0.29) is 29.1 Å². The summed E-state index contributed by atoms with van der Waals surface area (Å²) in [7, 11) is 0. The summed E-state index contributed by atoms with van der Waals surface area (Å²) in [6.45, 7) is 38.8. The molecule has 11 heteroatoms. The lowest BCUT2D eigenvalue weighted by molar-refractivity contribution is -0.139. The molecule has 0 spiro atoms. The Kier molecular flexibility index (Phi) is 35.5. The van der Waals surface area contributed by atoms with Crippen LogP contribution in [-0.4, -0.2) is 69.1 Å². The Labute approximate surface area is 392 Å². The summed E-state index contributed by atoms with van der Waals surface area (Å²) in [5, 5.41) is 6.68. The second-order valence-corrected chi connectivity index (χ2v) is 16.4. The molecule has 1 aromatic rings. The van der Waals surface area contributed by atoms with E-state index in [1.54, 1.807) is 6.92 Å². The van der Waals surface area contributed by atoms with Gasteiger partial charge in [-0.05, 0) is 116 Å². The lowest BCUT2D eigenvalue weighted by Crippen LogP contribution is -2.50. The summed E-state index contributed by atoms with van der Waals surface area (Å²) >= 11 is 0. The third-order valence-corrected chi connectivity index (χ3v) is 10.1. The van der Waals surface area contributed by atoms with Crippen molar-refractivity contribution < 1.29 is 31.5 Å². The zero-order valence-electron chi connectivity index (χ0n) is 42.8. The summed E-state index contributed by atoms with van der Waals surface area (Å²) in [4.78, 5) is 31.8. The number of nitrogens with zero attached hydrogens (tertiary/aromatic N) is 4. The molecular weight excluding hydrogens is 832 g/mol. The van der Waals surface area contributed by atoms with E-state index in [1.165, 1.54) is 38.5 Å². The van der Waals surface area contributed by atoms with Crippen molar-refractivity contribution in [2.24, 2.45) is 5.10 Å². The van der Waals surface area contributed by atoms with Crippen LogP contribution < -0.4 is 0 Å². The van der Waals surface area contributed by atoms with E-state index in [0.29, 0.717) is 42.6 Å². The number of alkyl halides is 3. The lowest BCUT2D eigenvalue weighted by Gasteiger charge is -2.38. The van der Waals surface area contributed by atoms with Crippen LogP contribution in [0.3, 0.4) is 0 Å². The van der Waals surface area contributed by atoms with Gasteiger partial charge in [-0.1, -0.05) is 123 Å². The van der Waals surface area contributed by atoms with Crippen LogP contribution in [0.15, 0.2) is 95.8 Å². The molecule has 1 aromatic carbocycles. The molecule has 368 valence electrons. The van der Waals surface area contributed by atoms with Crippen molar-refractivity contribution in [3.05, 3.63) is 102 Å². The van der Waals surface area contributed by atoms with Gasteiger partial charge in [-0.25, -0.2) is 8.78 Å². The molecule has 0 aliphatic carbocycles. The highest BCUT2D eigenvalue weighted by Crippen LogP contribution is 2.29. The van der Waals surface area contributed by atoms with Crippen LogP contribution in [0, 0.1) is 12.3 Å². The maximum Gasteiger partial charge on any atom is 0.415 e. The van der Waals surface area contributed by atoms with Gasteiger partial charge in [0.15, 0.2) is 5.78 Å². The minimum Gasteiger partial charge on any atom is -0.333 e. The largest absolute Gasteiger partial charge is 0.415 e. The molecule has 6 nitrogen and oxygen atoms in total. The molecule has 1 heterocycles. The molecule has 0 saturated carbocycles. The van der Waals surface area contributed by atoms with E-state index in [0.717, 1.165) is 74.5 Å². The van der Waals surface area contributed by atoms with E-state index >= 15 is 0 Å². The maximum absolute atomic E-state index is 14.8. The van der Waals surface area contributed by atoms with Gasteiger partial charge in [0.2, 0.25) is 5.91 Å². The van der Waals surface area contributed by atoms with Crippen LogP contribution in [0.5, 0.6) is 0 Å². The first-order valence-corrected chi connectivity index (χ1v) is 23.3. The molecule has 0 bridgehead atoms. The summed E-state index contributed by atoms with van der Waals surface area (Å²) in [6.07, 6.45) is 12.8. The van der Waals surface area contributed by atoms with E-state index < -0.39 is 17.8 Å². The standard InChI is InChI=1S/C40H59F3N4O2.C5H5F.C4H7F.C3H8.C2H6/c1-12-16-37(28(4)13-2)47(44-36(14-3)32(8)48)31(7)38(49)46(35-17-15-25-45(26-24-35)39(9,10)11)27-33-20-22-34(23-21-33)29(5)18-19-30(6)40(41,42)43;1-2-3-4-5-6;1-3-4(2)5;1-3-2;1-2/h18-23,31,35H,5-6,12-17,24-27H2,1-4,7-11H3;1,4-5H,3H2;3H,1-2H3;3H2,1-2H3;1-2H3/b19-18-,37-28+,44-36-;5-4+;4-3+;;. The fraction of sp³-hybridized carbons (Fsp3) is 0.574. The average molecular weight is 917 g/mol. The summed E-state index contributed by atoms with van der Waals surface area (Å²) in [5.41, 5.74) is 3.62. The zero-order chi connectivity index (χ0) is 50.9. The smallest absolute Gasteiger partial charge is 0.333 e. The van der Waals surface area contributed by atoms with Crippen LogP contribution in [0.25, 0.3) is 5.57 Å². The monoisotopic (exact) mass is 917 g/mol. The number of likely N-dealkylation sites (tertiary alicyclic amines) is 1. The summed E-state index contributed by atoms with van der Waals surface area (Å²) in [6, 6.07) is 6.78. The van der Waals surface area contributed by atoms with Crippen molar-refractivity contribution >= 4 is 23.0 Å². The number of amides is 1. The minimum absolute atomic E-state index is 0.0107. The topological polar surface area (TPSA) is 56.2 Å². The van der Waals surface area contributed by atoms with Gasteiger partial charge >= 0.3 is 6.18 Å². The fourth-order valence-electron chi connectivity index (χ4n) is 6.18. The van der Waals surface area contributed by atoms with Gasteiger partial charge < -0.3 is 4.90 Å². The number of terminal acetylenes is 1. The van der Waals surface area contributed by atoms with Crippen LogP contribution >= 0.6 is 0 Å². The normalized spacial score (nSPS) is 15.5. The van der Waals surface area contributed by atoms with Gasteiger partial charge in [0, 0.05) is 49.3 Å². The molecule has 1 aliphatic heterocycles. The van der Waals surface area contributed by atoms with Crippen molar-refractivity contribution in [2.75, 3.05) is 13.1 Å². The molecule has 0 aromatic heterocycles. The fourth-order valence-corrected chi connectivity index (χ4v) is 6.18. The molecule has 1 aliphatic rings. The Balaban J connectivity index is -0.00000206. The van der Waals surface area contributed by atoms with Crippen molar-refractivity contribution in [3.8, 4) is 12.3 Å². The average Bonchev–Trinajstić information content (AvgIpc) is 3.54. The molecule has 1 saturated heterocycles. The van der Waals surface area contributed by atoms with E-state index in [4.69, 9.17) is 11.5 Å². The Morgan fingerprint density at radius 1 is 0.969 bits per heavy atom. The molecule has 0 radical (unpaired) electrons. The van der Waals surface area contributed by atoms with Crippen LogP contribution in [0.1, 0.15) is 173 Å². The number of hydrazone groups is 1. The second-order valence-electron chi connectivity index (χ2n) is 16.4. The highest BCUT2D eigenvalue weighted by molar-refractivity contribution is 6.38. The Bertz CT molecular complexity index is 1740. The van der Waals surface area contributed by atoms with Gasteiger partial charge in [0.1, 0.15) is 11.8 Å². The number of carbonyl (C=O) groups is 2. The first-order valence-electron chi connectivity index (χ1n) is 23.3. The second kappa shape index (κ2) is 35.7. The number of Topliss-reactive ketones (excluding diaryl/α,β-unsaturated/α-hetero) is 1. The molecule has 1 fully saturated rings. The van der Waals surface area contributed by atoms with Gasteiger partial charge in [-0.15, -0.1) is 12.3 Å². The predicted octanol–water partition coefficient (Wildman–Crippen LogP) is 15.7. The number of hydrogen-bond acceptors (Lipinski definition) is 5. The van der Waals surface area contributed by atoms with Crippen LogP contribution in [-0.2, 0) is 16.1 Å². The van der Waals surface area contributed by atoms with Crippen molar-refractivity contribution in [1.29, 1.82) is 0 Å². The number of hydrogen-bond donors (Lipinski definition) is 0. The summed E-state index contributed by atoms with van der Waals surface area (Å²) in [5.74, 6) is 1.95. The highest BCUT2D eigenvalue weighted by Gasteiger charge is 2.35. The molecular formula is C54H85F5N4O2. The first kappa shape index (κ1) is 64.7. The highest BCUT2D eigenvalue weighted by atomic mass is 19.4. The lowest BCUT2D eigenvalue weighted by atomic mass is 10.0. The number of benzene rings is 1. The third kappa shape index (κ3) is 26.9. The molecule has 2 rings (SSSR count). The maximum atomic E-state index is 14.8. The van der Waals surface area contributed by atoms with Crippen molar-refractivity contribution in [3.63, 3.8) is 0 Å². The summed E-state index contributed by atoms with van der Waals surface area (Å²) < 4.78 is 61.0. The number of carbonyl (C=O) groups excluding carboxylic acids is 2. The van der Waals surface area contributed by atoms with Gasteiger partial charge in [-0.3, -0.25) is 19.5 Å². The van der Waals surface area contributed by atoms with E-state index in [1.807, 2.05) is 61.9 Å².